The molecule has 0 aliphatic rings. The summed E-state index contributed by atoms with van der Waals surface area (Å²) in [4.78, 5) is 0. The Balaban J connectivity index is 2.78. The first-order chi connectivity index (χ1) is 6.52. The zero-order chi connectivity index (χ0) is 10.7. The molecule has 1 aromatic rings. The molecule has 3 heteroatoms. The minimum absolute atomic E-state index is 0.240. The molecule has 2 atom stereocenters. The van der Waals surface area contributed by atoms with Gasteiger partial charge in [-0.3, -0.25) is 0 Å². The summed E-state index contributed by atoms with van der Waals surface area (Å²) in [5.74, 6) is 0.251. The predicted octanol–water partition coefficient (Wildman–Crippen LogP) is 2.36. The number of benzene rings is 1. The van der Waals surface area contributed by atoms with E-state index in [2.05, 4.69) is 0 Å². The number of nitrogens with two attached hydrogens (primary N) is 1. The Kier molecular flexibility index (Phi) is 3.93. The fourth-order valence-electron chi connectivity index (χ4n) is 1.25. The summed E-state index contributed by atoms with van der Waals surface area (Å²) in [6, 6.07) is 6.88. The average molecular weight is 214 g/mol. The smallest absolute Gasteiger partial charge is 0.0943 e. The van der Waals surface area contributed by atoms with Crippen molar-refractivity contribution >= 4 is 11.6 Å². The minimum Gasteiger partial charge on any atom is -0.387 e. The highest BCUT2D eigenvalue weighted by Crippen LogP contribution is 2.21. The van der Waals surface area contributed by atoms with Crippen molar-refractivity contribution in [3.05, 3.63) is 34.9 Å². The van der Waals surface area contributed by atoms with Crippen LogP contribution in [0.2, 0.25) is 5.02 Å². The number of halogens is 1. The number of rotatable bonds is 3. The van der Waals surface area contributed by atoms with Gasteiger partial charge in [-0.25, -0.2) is 0 Å². The Bertz CT molecular complexity index is 284. The molecule has 0 radical (unpaired) electrons. The van der Waals surface area contributed by atoms with E-state index in [9.17, 15) is 5.11 Å². The van der Waals surface area contributed by atoms with Gasteiger partial charge in [0.05, 0.1) is 6.10 Å². The molecule has 0 unspecified atom stereocenters. The standard InChI is InChI=1S/C11H16ClNO/c1-7(2)10(13)11(14)8-3-5-9(12)6-4-8/h3-7,10-11,14H,13H2,1-2H3/t10-,11+/m1/s1. The van der Waals surface area contributed by atoms with Crippen LogP contribution in [0.3, 0.4) is 0 Å². The molecule has 0 aromatic heterocycles. The summed E-state index contributed by atoms with van der Waals surface area (Å²) in [6.45, 7) is 3.98. The summed E-state index contributed by atoms with van der Waals surface area (Å²) in [7, 11) is 0. The summed E-state index contributed by atoms with van der Waals surface area (Å²) in [5, 5.41) is 10.5. The van der Waals surface area contributed by atoms with Crippen molar-refractivity contribution in [1.82, 2.24) is 0 Å². The van der Waals surface area contributed by atoms with E-state index >= 15 is 0 Å². The van der Waals surface area contributed by atoms with Gasteiger partial charge in [-0.05, 0) is 23.6 Å². The van der Waals surface area contributed by atoms with E-state index < -0.39 is 6.10 Å². The van der Waals surface area contributed by atoms with Gasteiger partial charge in [-0.1, -0.05) is 37.6 Å². The molecule has 14 heavy (non-hydrogen) atoms. The molecule has 0 aliphatic heterocycles. The summed E-state index contributed by atoms with van der Waals surface area (Å²) in [6.07, 6.45) is -0.618. The van der Waals surface area contributed by atoms with Gasteiger partial charge >= 0.3 is 0 Å². The van der Waals surface area contributed by atoms with E-state index in [0.717, 1.165) is 5.56 Å². The van der Waals surface area contributed by atoms with Crippen molar-refractivity contribution in [2.45, 2.75) is 26.0 Å². The molecule has 78 valence electrons. The van der Waals surface area contributed by atoms with Gasteiger partial charge in [-0.15, -0.1) is 0 Å². The molecular weight excluding hydrogens is 198 g/mol. The van der Waals surface area contributed by atoms with Crippen LogP contribution >= 0.6 is 11.6 Å². The van der Waals surface area contributed by atoms with Gasteiger partial charge in [0.15, 0.2) is 0 Å². The maximum absolute atomic E-state index is 9.88. The Morgan fingerprint density at radius 3 is 2.14 bits per heavy atom. The lowest BCUT2D eigenvalue weighted by molar-refractivity contribution is 0.126. The van der Waals surface area contributed by atoms with Gasteiger partial charge < -0.3 is 10.8 Å². The molecule has 3 N–H and O–H groups in total. The van der Waals surface area contributed by atoms with Crippen molar-refractivity contribution in [3.8, 4) is 0 Å². The predicted molar refractivity (Wildman–Crippen MR) is 59.2 cm³/mol. The number of hydrogen-bond donors (Lipinski definition) is 2. The first kappa shape index (κ1) is 11.5. The Morgan fingerprint density at radius 2 is 1.71 bits per heavy atom. The number of aliphatic hydroxyl groups is 1. The Labute approximate surface area is 89.7 Å². The summed E-state index contributed by atoms with van der Waals surface area (Å²) in [5.41, 5.74) is 6.66. The second-order valence-corrected chi connectivity index (χ2v) is 4.25. The van der Waals surface area contributed by atoms with Crippen LogP contribution in [-0.2, 0) is 0 Å². The van der Waals surface area contributed by atoms with Crippen molar-refractivity contribution in [2.75, 3.05) is 0 Å². The lowest BCUT2D eigenvalue weighted by Crippen LogP contribution is -2.33. The number of aliphatic hydroxyl groups excluding tert-OH is 1. The summed E-state index contributed by atoms with van der Waals surface area (Å²) < 4.78 is 0. The quantitative estimate of drug-likeness (QED) is 0.810. The third-order valence-corrected chi connectivity index (χ3v) is 2.60. The molecule has 1 rings (SSSR count). The highest BCUT2D eigenvalue weighted by atomic mass is 35.5. The lowest BCUT2D eigenvalue weighted by Gasteiger charge is -2.22. The molecule has 0 saturated carbocycles. The highest BCUT2D eigenvalue weighted by Gasteiger charge is 2.19. The zero-order valence-corrected chi connectivity index (χ0v) is 9.20. The fraction of sp³-hybridized carbons (Fsp3) is 0.455. The van der Waals surface area contributed by atoms with Crippen LogP contribution < -0.4 is 5.73 Å². The van der Waals surface area contributed by atoms with E-state index in [0.29, 0.717) is 5.02 Å². The molecule has 0 fully saturated rings. The van der Waals surface area contributed by atoms with Crippen LogP contribution in [-0.4, -0.2) is 11.1 Å². The van der Waals surface area contributed by atoms with Crippen LogP contribution in [0.4, 0.5) is 0 Å². The van der Waals surface area contributed by atoms with Crippen LogP contribution in [0.1, 0.15) is 25.5 Å². The first-order valence-corrected chi connectivity index (χ1v) is 5.09. The van der Waals surface area contributed by atoms with Crippen molar-refractivity contribution in [2.24, 2.45) is 11.7 Å². The molecule has 0 heterocycles. The maximum Gasteiger partial charge on any atom is 0.0943 e. The summed E-state index contributed by atoms with van der Waals surface area (Å²) >= 11 is 5.75. The minimum atomic E-state index is -0.618. The van der Waals surface area contributed by atoms with Crippen LogP contribution in [0.5, 0.6) is 0 Å². The molecule has 0 amide bonds. The van der Waals surface area contributed by atoms with Gasteiger partial charge in [0.1, 0.15) is 0 Å². The normalized spacial score (nSPS) is 15.6. The average Bonchev–Trinajstić information content (AvgIpc) is 2.16. The van der Waals surface area contributed by atoms with E-state index in [1.54, 1.807) is 24.3 Å². The molecular formula is C11H16ClNO. The van der Waals surface area contributed by atoms with Gasteiger partial charge in [-0.2, -0.15) is 0 Å². The van der Waals surface area contributed by atoms with Crippen molar-refractivity contribution in [1.29, 1.82) is 0 Å². The van der Waals surface area contributed by atoms with Gasteiger partial charge in [0.25, 0.3) is 0 Å². The van der Waals surface area contributed by atoms with Gasteiger partial charge in [0, 0.05) is 11.1 Å². The Morgan fingerprint density at radius 1 is 1.21 bits per heavy atom. The third-order valence-electron chi connectivity index (χ3n) is 2.35. The zero-order valence-electron chi connectivity index (χ0n) is 8.44. The van der Waals surface area contributed by atoms with E-state index in [1.807, 2.05) is 13.8 Å². The second kappa shape index (κ2) is 4.78. The monoisotopic (exact) mass is 213 g/mol. The molecule has 0 aliphatic carbocycles. The first-order valence-electron chi connectivity index (χ1n) is 4.71. The lowest BCUT2D eigenvalue weighted by atomic mass is 9.94. The Hall–Kier alpha value is -0.570. The highest BCUT2D eigenvalue weighted by molar-refractivity contribution is 6.30. The fourth-order valence-corrected chi connectivity index (χ4v) is 1.37. The van der Waals surface area contributed by atoms with E-state index in [4.69, 9.17) is 17.3 Å². The maximum atomic E-state index is 9.88. The second-order valence-electron chi connectivity index (χ2n) is 3.82. The van der Waals surface area contributed by atoms with Gasteiger partial charge in [0.2, 0.25) is 0 Å². The topological polar surface area (TPSA) is 46.2 Å². The molecule has 0 bridgehead atoms. The molecule has 0 saturated heterocycles. The van der Waals surface area contributed by atoms with Crippen LogP contribution in [0.15, 0.2) is 24.3 Å². The van der Waals surface area contributed by atoms with E-state index in [1.165, 1.54) is 0 Å². The molecule has 2 nitrogen and oxygen atoms in total. The number of hydrogen-bond acceptors (Lipinski definition) is 2. The largest absolute Gasteiger partial charge is 0.387 e. The molecule has 1 aromatic carbocycles. The SMILES string of the molecule is CC(C)[C@@H](N)[C@@H](O)c1ccc(Cl)cc1. The third kappa shape index (κ3) is 2.71. The van der Waals surface area contributed by atoms with Crippen LogP contribution in [0, 0.1) is 5.92 Å². The van der Waals surface area contributed by atoms with E-state index in [-0.39, 0.29) is 12.0 Å². The van der Waals surface area contributed by atoms with Crippen LogP contribution in [0.25, 0.3) is 0 Å². The molecule has 0 spiro atoms. The van der Waals surface area contributed by atoms with Crippen molar-refractivity contribution < 1.29 is 5.11 Å². The van der Waals surface area contributed by atoms with Crippen molar-refractivity contribution in [3.63, 3.8) is 0 Å².